The number of benzene rings is 2. The minimum Gasteiger partial charge on any atom is -0.364 e. The minimum atomic E-state index is -0.586. The molecule has 0 unspecified atom stereocenters. The van der Waals surface area contributed by atoms with Crippen LogP contribution in [0.25, 0.3) is 16.3 Å². The highest BCUT2D eigenvalue weighted by Crippen LogP contribution is 2.30. The quantitative estimate of drug-likeness (QED) is 0.477. The maximum atomic E-state index is 12.4. The lowest BCUT2D eigenvalue weighted by atomic mass is 10.2. The number of hydrogen-bond donors (Lipinski definition) is 2. The third kappa shape index (κ3) is 4.40. The number of carbonyl (C=O) groups is 2. The van der Waals surface area contributed by atoms with Crippen molar-refractivity contribution in [3.8, 4) is 16.3 Å². The summed E-state index contributed by atoms with van der Waals surface area (Å²) >= 11 is 7.66. The Labute approximate surface area is 181 Å². The Morgan fingerprint density at radius 3 is 2.57 bits per heavy atom. The van der Waals surface area contributed by atoms with Crippen molar-refractivity contribution < 1.29 is 9.59 Å². The van der Waals surface area contributed by atoms with E-state index in [1.165, 1.54) is 16.0 Å². The Hall–Kier alpha value is -3.49. The van der Waals surface area contributed by atoms with Crippen LogP contribution in [-0.2, 0) is 11.2 Å². The number of amides is 2. The fraction of sp³-hybridized carbons (Fsp3) is 0.0476. The summed E-state index contributed by atoms with van der Waals surface area (Å²) in [5, 5.41) is 10.2. The number of nitrogens with one attached hydrogen (secondary N) is 1. The summed E-state index contributed by atoms with van der Waals surface area (Å²) < 4.78 is 1.54. The van der Waals surface area contributed by atoms with E-state index in [1.54, 1.807) is 36.5 Å². The van der Waals surface area contributed by atoms with E-state index in [0.717, 1.165) is 16.3 Å². The summed E-state index contributed by atoms with van der Waals surface area (Å²) in [4.78, 5) is 28.1. The zero-order valence-electron chi connectivity index (χ0n) is 15.6. The van der Waals surface area contributed by atoms with Crippen molar-refractivity contribution in [3.63, 3.8) is 0 Å². The van der Waals surface area contributed by atoms with Gasteiger partial charge in [-0.05, 0) is 36.4 Å². The first-order valence-electron chi connectivity index (χ1n) is 8.94. The molecular weight excluding hydrogens is 422 g/mol. The van der Waals surface area contributed by atoms with Gasteiger partial charge < -0.3 is 11.1 Å². The van der Waals surface area contributed by atoms with Gasteiger partial charge in [-0.2, -0.15) is 5.10 Å². The second-order valence-electron chi connectivity index (χ2n) is 6.41. The van der Waals surface area contributed by atoms with Crippen LogP contribution in [0.5, 0.6) is 0 Å². The SMILES string of the molecule is NC(=O)c1ccn(-c2ccc(NC(=O)Cc3csc(-c4ccccc4Cl)n3)cc2)n1. The highest BCUT2D eigenvalue weighted by atomic mass is 35.5. The van der Waals surface area contributed by atoms with Crippen LogP contribution < -0.4 is 11.1 Å². The van der Waals surface area contributed by atoms with Gasteiger partial charge in [0.15, 0.2) is 0 Å². The van der Waals surface area contributed by atoms with Crippen LogP contribution in [0.4, 0.5) is 5.69 Å². The summed E-state index contributed by atoms with van der Waals surface area (Å²) in [7, 11) is 0. The molecule has 0 aliphatic rings. The number of rotatable bonds is 6. The van der Waals surface area contributed by atoms with Crippen molar-refractivity contribution >= 4 is 40.4 Å². The smallest absolute Gasteiger partial charge is 0.269 e. The molecule has 7 nitrogen and oxygen atoms in total. The third-order valence-electron chi connectivity index (χ3n) is 4.25. The van der Waals surface area contributed by atoms with Gasteiger partial charge in [-0.15, -0.1) is 11.3 Å². The van der Waals surface area contributed by atoms with Crippen LogP contribution in [0.2, 0.25) is 5.02 Å². The van der Waals surface area contributed by atoms with Crippen LogP contribution in [0, 0.1) is 0 Å². The topological polar surface area (TPSA) is 103 Å². The monoisotopic (exact) mass is 437 g/mol. The summed E-state index contributed by atoms with van der Waals surface area (Å²) in [5.74, 6) is -0.758. The molecule has 0 aliphatic heterocycles. The summed E-state index contributed by atoms with van der Waals surface area (Å²) in [5.41, 5.74) is 8.32. The molecule has 0 saturated heterocycles. The second-order valence-corrected chi connectivity index (χ2v) is 7.67. The van der Waals surface area contributed by atoms with Gasteiger partial charge in [0.05, 0.1) is 22.8 Å². The Morgan fingerprint density at radius 1 is 1.10 bits per heavy atom. The third-order valence-corrected chi connectivity index (χ3v) is 5.51. The zero-order valence-corrected chi connectivity index (χ0v) is 17.2. The van der Waals surface area contributed by atoms with Crippen LogP contribution in [0.3, 0.4) is 0 Å². The molecule has 4 rings (SSSR count). The van der Waals surface area contributed by atoms with Crippen LogP contribution in [0.15, 0.2) is 66.2 Å². The van der Waals surface area contributed by atoms with Gasteiger partial charge >= 0.3 is 0 Å². The molecule has 0 fully saturated rings. The molecule has 2 heterocycles. The number of anilines is 1. The molecule has 0 radical (unpaired) electrons. The molecule has 2 aromatic carbocycles. The Morgan fingerprint density at radius 2 is 1.87 bits per heavy atom. The average Bonchev–Trinajstić information content (AvgIpc) is 3.39. The summed E-state index contributed by atoms with van der Waals surface area (Å²) in [6.07, 6.45) is 1.80. The average molecular weight is 438 g/mol. The number of carbonyl (C=O) groups excluding carboxylic acids is 2. The molecule has 0 spiro atoms. The maximum absolute atomic E-state index is 12.4. The largest absolute Gasteiger partial charge is 0.364 e. The highest BCUT2D eigenvalue weighted by molar-refractivity contribution is 7.13. The first kappa shape index (κ1) is 19.8. The molecule has 9 heteroatoms. The molecule has 0 aliphatic carbocycles. The number of primary amides is 1. The Balaban J connectivity index is 1.39. The number of halogens is 1. The summed E-state index contributed by atoms with van der Waals surface area (Å²) in [6, 6.07) is 16.1. The van der Waals surface area contributed by atoms with Crippen molar-refractivity contribution in [2.24, 2.45) is 5.73 Å². The molecule has 30 heavy (non-hydrogen) atoms. The van der Waals surface area contributed by atoms with Crippen LogP contribution in [0.1, 0.15) is 16.2 Å². The zero-order chi connectivity index (χ0) is 21.1. The maximum Gasteiger partial charge on any atom is 0.269 e. The van der Waals surface area contributed by atoms with Crippen molar-refractivity contribution in [1.82, 2.24) is 14.8 Å². The van der Waals surface area contributed by atoms with Gasteiger partial charge in [-0.1, -0.05) is 29.8 Å². The predicted octanol–water partition coefficient (Wildman–Crippen LogP) is 3.93. The van der Waals surface area contributed by atoms with E-state index in [-0.39, 0.29) is 18.0 Å². The molecule has 0 bridgehead atoms. The molecular formula is C21H16ClN5O2S. The molecule has 3 N–H and O–H groups in total. The van der Waals surface area contributed by atoms with Crippen molar-refractivity contribution in [3.05, 3.63) is 82.6 Å². The highest BCUT2D eigenvalue weighted by Gasteiger charge is 2.12. The summed E-state index contributed by atoms with van der Waals surface area (Å²) in [6.45, 7) is 0. The molecule has 0 saturated carbocycles. The number of nitrogens with two attached hydrogens (primary N) is 1. The lowest BCUT2D eigenvalue weighted by Crippen LogP contribution is -2.14. The van der Waals surface area contributed by atoms with Gasteiger partial charge in [-0.25, -0.2) is 9.67 Å². The molecule has 0 atom stereocenters. The van der Waals surface area contributed by atoms with Crippen molar-refractivity contribution in [2.75, 3.05) is 5.32 Å². The van der Waals surface area contributed by atoms with Gasteiger partial charge in [-0.3, -0.25) is 9.59 Å². The van der Waals surface area contributed by atoms with Gasteiger partial charge in [0.2, 0.25) is 5.91 Å². The molecule has 4 aromatic rings. The normalized spacial score (nSPS) is 10.7. The first-order valence-corrected chi connectivity index (χ1v) is 10.2. The predicted molar refractivity (Wildman–Crippen MR) is 117 cm³/mol. The molecule has 2 aromatic heterocycles. The first-order chi connectivity index (χ1) is 14.5. The fourth-order valence-electron chi connectivity index (χ4n) is 2.81. The standard InChI is InChI=1S/C21H16ClN5O2S/c22-17-4-2-1-3-16(17)21-25-14(12-30-21)11-19(28)24-13-5-7-15(8-6-13)27-10-9-18(26-27)20(23)29/h1-10,12H,11H2,(H2,23,29)(H,24,28). The van der Waals surface area contributed by atoms with Crippen LogP contribution in [-0.4, -0.2) is 26.6 Å². The van der Waals surface area contributed by atoms with E-state index >= 15 is 0 Å². The van der Waals surface area contributed by atoms with E-state index < -0.39 is 5.91 Å². The van der Waals surface area contributed by atoms with Gasteiger partial charge in [0.25, 0.3) is 5.91 Å². The Kier molecular flexibility index (Phi) is 5.60. The minimum absolute atomic E-state index is 0.157. The van der Waals surface area contributed by atoms with E-state index in [9.17, 15) is 9.59 Å². The van der Waals surface area contributed by atoms with Gasteiger partial charge in [0.1, 0.15) is 10.7 Å². The van der Waals surface area contributed by atoms with Crippen molar-refractivity contribution in [1.29, 1.82) is 0 Å². The van der Waals surface area contributed by atoms with E-state index in [0.29, 0.717) is 16.4 Å². The van der Waals surface area contributed by atoms with Crippen LogP contribution >= 0.6 is 22.9 Å². The number of nitrogens with zero attached hydrogens (tertiary/aromatic N) is 3. The molecule has 2 amide bonds. The lowest BCUT2D eigenvalue weighted by molar-refractivity contribution is -0.115. The Bertz CT molecular complexity index is 1220. The number of aromatic nitrogens is 3. The number of hydrogen-bond acceptors (Lipinski definition) is 5. The number of thiazole rings is 1. The van der Waals surface area contributed by atoms with E-state index in [2.05, 4.69) is 15.4 Å². The fourth-order valence-corrected chi connectivity index (χ4v) is 3.95. The van der Waals surface area contributed by atoms with E-state index in [4.69, 9.17) is 17.3 Å². The van der Waals surface area contributed by atoms with Gasteiger partial charge in [0, 0.05) is 22.8 Å². The van der Waals surface area contributed by atoms with E-state index in [1.807, 2.05) is 29.6 Å². The van der Waals surface area contributed by atoms with Crippen molar-refractivity contribution in [2.45, 2.75) is 6.42 Å². The molecule has 150 valence electrons. The lowest BCUT2D eigenvalue weighted by Gasteiger charge is -2.06. The second kappa shape index (κ2) is 8.48.